The number of aryl methyl sites for hydroxylation is 1. The number of benzene rings is 1. The minimum atomic E-state index is 0.0508. The van der Waals surface area contributed by atoms with Crippen LogP contribution < -0.4 is 10.6 Å². The highest BCUT2D eigenvalue weighted by Crippen LogP contribution is 2.14. The summed E-state index contributed by atoms with van der Waals surface area (Å²) in [5.74, 6) is 0.0508. The molecule has 1 amide bonds. The first kappa shape index (κ1) is 12.8. The van der Waals surface area contributed by atoms with E-state index < -0.39 is 0 Å². The molecule has 2 rings (SSSR count). The van der Waals surface area contributed by atoms with E-state index in [1.807, 2.05) is 18.2 Å². The smallest absolute Gasteiger partial charge is 0.251 e. The van der Waals surface area contributed by atoms with Crippen molar-refractivity contribution >= 4 is 28.5 Å². The largest absolute Gasteiger partial charge is 0.349 e. The second-order valence-corrected chi connectivity index (χ2v) is 5.62. The van der Waals surface area contributed by atoms with Crippen LogP contribution in [0.2, 0.25) is 0 Å². The van der Waals surface area contributed by atoms with Gasteiger partial charge in [-0.15, -0.1) is 0 Å². The molecule has 92 valence electrons. The average molecular weight is 344 g/mol. The van der Waals surface area contributed by atoms with Gasteiger partial charge in [-0.2, -0.15) is 0 Å². The number of carbonyl (C=O) groups excluding carboxylic acids is 1. The molecule has 1 aliphatic rings. The molecule has 0 spiro atoms. The van der Waals surface area contributed by atoms with Gasteiger partial charge < -0.3 is 10.6 Å². The van der Waals surface area contributed by atoms with E-state index in [0.29, 0.717) is 6.04 Å². The number of hydrogen-bond donors (Lipinski definition) is 2. The molecule has 3 nitrogen and oxygen atoms in total. The van der Waals surface area contributed by atoms with Crippen LogP contribution in [0.3, 0.4) is 0 Å². The summed E-state index contributed by atoms with van der Waals surface area (Å²) >= 11 is 2.26. The summed E-state index contributed by atoms with van der Waals surface area (Å²) < 4.78 is 1.14. The lowest BCUT2D eigenvalue weighted by molar-refractivity contribution is 0.0929. The molecule has 0 aliphatic carbocycles. The molecule has 1 saturated heterocycles. The van der Waals surface area contributed by atoms with Crippen molar-refractivity contribution in [2.24, 2.45) is 0 Å². The lowest BCUT2D eigenvalue weighted by Gasteiger charge is -2.23. The van der Waals surface area contributed by atoms with Crippen molar-refractivity contribution in [3.8, 4) is 0 Å². The van der Waals surface area contributed by atoms with E-state index in [1.165, 1.54) is 5.56 Å². The van der Waals surface area contributed by atoms with Crippen molar-refractivity contribution in [2.75, 3.05) is 13.1 Å². The van der Waals surface area contributed by atoms with E-state index in [0.717, 1.165) is 35.1 Å². The molecule has 1 aromatic rings. The van der Waals surface area contributed by atoms with E-state index in [-0.39, 0.29) is 5.91 Å². The van der Waals surface area contributed by atoms with Crippen LogP contribution in [0.5, 0.6) is 0 Å². The van der Waals surface area contributed by atoms with Gasteiger partial charge in [0.1, 0.15) is 0 Å². The third kappa shape index (κ3) is 3.42. The first-order valence-corrected chi connectivity index (χ1v) is 7.02. The molecule has 1 aromatic carbocycles. The molecule has 0 aromatic heterocycles. The molecule has 1 heterocycles. The second-order valence-electron chi connectivity index (χ2n) is 4.46. The van der Waals surface area contributed by atoms with Gasteiger partial charge in [-0.05, 0) is 73.1 Å². The van der Waals surface area contributed by atoms with Gasteiger partial charge in [-0.1, -0.05) is 6.07 Å². The minimum absolute atomic E-state index is 0.0508. The summed E-state index contributed by atoms with van der Waals surface area (Å²) in [5.41, 5.74) is 1.97. The molecule has 0 unspecified atom stereocenters. The fourth-order valence-electron chi connectivity index (χ4n) is 1.97. The number of rotatable bonds is 2. The Morgan fingerprint density at radius 3 is 2.76 bits per heavy atom. The predicted molar refractivity (Wildman–Crippen MR) is 77.3 cm³/mol. The van der Waals surface area contributed by atoms with Gasteiger partial charge in [0.15, 0.2) is 0 Å². The molecule has 17 heavy (non-hydrogen) atoms. The normalized spacial score (nSPS) is 16.8. The van der Waals surface area contributed by atoms with Crippen molar-refractivity contribution < 1.29 is 4.79 Å². The Morgan fingerprint density at radius 2 is 2.12 bits per heavy atom. The van der Waals surface area contributed by atoms with Gasteiger partial charge in [-0.3, -0.25) is 4.79 Å². The lowest BCUT2D eigenvalue weighted by Crippen LogP contribution is -2.42. The highest BCUT2D eigenvalue weighted by atomic mass is 127. The molecular formula is C13H17IN2O. The van der Waals surface area contributed by atoms with Crippen LogP contribution in [0, 0.1) is 10.5 Å². The van der Waals surface area contributed by atoms with Gasteiger partial charge in [0.25, 0.3) is 5.91 Å². The van der Waals surface area contributed by atoms with Crippen molar-refractivity contribution in [3.05, 3.63) is 32.9 Å². The van der Waals surface area contributed by atoms with Gasteiger partial charge in [0, 0.05) is 15.2 Å². The van der Waals surface area contributed by atoms with Gasteiger partial charge in [0.2, 0.25) is 0 Å². The van der Waals surface area contributed by atoms with Gasteiger partial charge in [0.05, 0.1) is 0 Å². The molecule has 4 heteroatoms. The highest BCUT2D eigenvalue weighted by Gasteiger charge is 2.16. The third-order valence-electron chi connectivity index (χ3n) is 3.11. The van der Waals surface area contributed by atoms with Crippen molar-refractivity contribution in [3.63, 3.8) is 0 Å². The zero-order valence-corrected chi connectivity index (χ0v) is 12.1. The number of halogens is 1. The lowest BCUT2D eigenvalue weighted by atomic mass is 10.1. The molecule has 1 fully saturated rings. The van der Waals surface area contributed by atoms with Crippen LogP contribution in [-0.2, 0) is 0 Å². The quantitative estimate of drug-likeness (QED) is 0.807. The topological polar surface area (TPSA) is 41.1 Å². The minimum Gasteiger partial charge on any atom is -0.349 e. The maximum Gasteiger partial charge on any atom is 0.251 e. The van der Waals surface area contributed by atoms with Crippen molar-refractivity contribution in [1.82, 2.24) is 10.6 Å². The molecule has 1 aliphatic heterocycles. The Morgan fingerprint density at radius 1 is 1.41 bits per heavy atom. The van der Waals surface area contributed by atoms with Crippen LogP contribution in [0.4, 0.5) is 0 Å². The Balaban J connectivity index is 2.01. The maximum atomic E-state index is 12.0. The summed E-state index contributed by atoms with van der Waals surface area (Å²) in [6, 6.07) is 6.17. The number of piperidine rings is 1. The Labute approximate surface area is 116 Å². The SMILES string of the molecule is Cc1ccc(C(=O)NC2CCNCC2)cc1I. The first-order chi connectivity index (χ1) is 8.16. The standard InChI is InChI=1S/C13H17IN2O/c1-9-2-3-10(8-12(9)14)13(17)16-11-4-6-15-7-5-11/h2-3,8,11,15H,4-7H2,1H3,(H,16,17). The van der Waals surface area contributed by atoms with Crippen LogP contribution in [0.15, 0.2) is 18.2 Å². The molecule has 0 radical (unpaired) electrons. The predicted octanol–water partition coefficient (Wildman–Crippen LogP) is 2.08. The molecule has 0 saturated carbocycles. The van der Waals surface area contributed by atoms with Crippen LogP contribution in [-0.4, -0.2) is 25.0 Å². The molecule has 2 N–H and O–H groups in total. The Hall–Kier alpha value is -0.620. The first-order valence-electron chi connectivity index (χ1n) is 5.94. The molecular weight excluding hydrogens is 327 g/mol. The Kier molecular flexibility index (Phi) is 4.39. The average Bonchev–Trinajstić information content (AvgIpc) is 2.34. The zero-order chi connectivity index (χ0) is 12.3. The Bertz CT molecular complexity index is 414. The number of carbonyl (C=O) groups is 1. The molecule has 0 atom stereocenters. The van der Waals surface area contributed by atoms with Crippen molar-refractivity contribution in [2.45, 2.75) is 25.8 Å². The van der Waals surface area contributed by atoms with Gasteiger partial charge in [-0.25, -0.2) is 0 Å². The van der Waals surface area contributed by atoms with Crippen molar-refractivity contribution in [1.29, 1.82) is 0 Å². The molecule has 0 bridgehead atoms. The maximum absolute atomic E-state index is 12.0. The third-order valence-corrected chi connectivity index (χ3v) is 4.27. The number of nitrogens with one attached hydrogen (secondary N) is 2. The van der Waals surface area contributed by atoms with E-state index in [9.17, 15) is 4.79 Å². The summed E-state index contributed by atoms with van der Waals surface area (Å²) in [6.45, 7) is 4.04. The highest BCUT2D eigenvalue weighted by molar-refractivity contribution is 14.1. The fourth-order valence-corrected chi connectivity index (χ4v) is 2.48. The summed E-state index contributed by atoms with van der Waals surface area (Å²) in [7, 11) is 0. The summed E-state index contributed by atoms with van der Waals surface area (Å²) in [5, 5.41) is 6.39. The van der Waals surface area contributed by atoms with E-state index in [4.69, 9.17) is 0 Å². The van der Waals surface area contributed by atoms with Crippen LogP contribution >= 0.6 is 22.6 Å². The number of amides is 1. The number of hydrogen-bond acceptors (Lipinski definition) is 2. The summed E-state index contributed by atoms with van der Waals surface area (Å²) in [6.07, 6.45) is 2.05. The van der Waals surface area contributed by atoms with E-state index in [1.54, 1.807) is 0 Å². The summed E-state index contributed by atoms with van der Waals surface area (Å²) in [4.78, 5) is 12.0. The van der Waals surface area contributed by atoms with Crippen LogP contribution in [0.25, 0.3) is 0 Å². The van der Waals surface area contributed by atoms with E-state index >= 15 is 0 Å². The second kappa shape index (κ2) is 5.82. The zero-order valence-electron chi connectivity index (χ0n) is 9.92. The van der Waals surface area contributed by atoms with Gasteiger partial charge >= 0.3 is 0 Å². The van der Waals surface area contributed by atoms with Crippen LogP contribution in [0.1, 0.15) is 28.8 Å². The monoisotopic (exact) mass is 344 g/mol. The fraction of sp³-hybridized carbons (Fsp3) is 0.462. The van der Waals surface area contributed by atoms with E-state index in [2.05, 4.69) is 40.1 Å².